The van der Waals surface area contributed by atoms with Gasteiger partial charge in [-0.1, -0.05) is 6.07 Å². The summed E-state index contributed by atoms with van der Waals surface area (Å²) in [6, 6.07) is 3.71. The lowest BCUT2D eigenvalue weighted by molar-refractivity contribution is -0.192. The SMILES string of the molecule is CCO[C@@H]1CO[C@@]2(CCN(C(=O)c3ccc(C)cn3)C2)C1.O=C(O)C(F)(F)F. The molecule has 1 spiro atoms. The number of amides is 1. The second-order valence-electron chi connectivity index (χ2n) is 6.78. The van der Waals surface area contributed by atoms with Gasteiger partial charge in [-0.3, -0.25) is 9.78 Å². The van der Waals surface area contributed by atoms with Gasteiger partial charge in [0.15, 0.2) is 0 Å². The molecule has 1 amide bonds. The van der Waals surface area contributed by atoms with Crippen molar-refractivity contribution in [2.24, 2.45) is 0 Å². The first-order valence-electron chi connectivity index (χ1n) is 8.84. The molecule has 2 atom stereocenters. The molecule has 1 aromatic rings. The van der Waals surface area contributed by atoms with Gasteiger partial charge in [0.1, 0.15) is 5.69 Å². The summed E-state index contributed by atoms with van der Waals surface area (Å²) in [5, 5.41) is 7.12. The fourth-order valence-electron chi connectivity index (χ4n) is 3.20. The molecular formula is C18H23F3N2O5. The van der Waals surface area contributed by atoms with Crippen molar-refractivity contribution in [2.45, 2.75) is 44.6 Å². The number of carbonyl (C=O) groups excluding carboxylic acids is 1. The van der Waals surface area contributed by atoms with Crippen molar-refractivity contribution in [2.75, 3.05) is 26.3 Å². The quantitative estimate of drug-likeness (QED) is 0.833. The van der Waals surface area contributed by atoms with Gasteiger partial charge in [-0.2, -0.15) is 13.2 Å². The van der Waals surface area contributed by atoms with Crippen LogP contribution in [0.2, 0.25) is 0 Å². The van der Waals surface area contributed by atoms with Crippen molar-refractivity contribution >= 4 is 11.9 Å². The van der Waals surface area contributed by atoms with E-state index < -0.39 is 12.1 Å². The van der Waals surface area contributed by atoms with Crippen LogP contribution in [0.4, 0.5) is 13.2 Å². The minimum absolute atomic E-state index is 0.00432. The average molecular weight is 404 g/mol. The van der Waals surface area contributed by atoms with Crippen LogP contribution in [0.25, 0.3) is 0 Å². The average Bonchev–Trinajstić information content (AvgIpc) is 3.22. The van der Waals surface area contributed by atoms with Crippen molar-refractivity contribution in [3.63, 3.8) is 0 Å². The molecule has 2 aliphatic rings. The van der Waals surface area contributed by atoms with Gasteiger partial charge in [-0.15, -0.1) is 0 Å². The van der Waals surface area contributed by atoms with Gasteiger partial charge in [0.05, 0.1) is 24.9 Å². The molecule has 156 valence electrons. The second-order valence-corrected chi connectivity index (χ2v) is 6.78. The summed E-state index contributed by atoms with van der Waals surface area (Å²) in [5.74, 6) is -2.76. The Morgan fingerprint density at radius 1 is 1.43 bits per heavy atom. The molecule has 0 bridgehead atoms. The van der Waals surface area contributed by atoms with Crippen molar-refractivity contribution in [3.8, 4) is 0 Å². The molecule has 28 heavy (non-hydrogen) atoms. The van der Waals surface area contributed by atoms with Crippen LogP contribution in [0.15, 0.2) is 18.3 Å². The van der Waals surface area contributed by atoms with Gasteiger partial charge < -0.3 is 19.5 Å². The third kappa shape index (κ3) is 5.65. The number of carboxylic acids is 1. The second kappa shape index (κ2) is 8.87. The smallest absolute Gasteiger partial charge is 0.475 e. The highest BCUT2D eigenvalue weighted by Gasteiger charge is 2.47. The topological polar surface area (TPSA) is 89.0 Å². The van der Waals surface area contributed by atoms with E-state index in [-0.39, 0.29) is 17.6 Å². The molecule has 7 nitrogen and oxygen atoms in total. The third-order valence-electron chi connectivity index (χ3n) is 4.55. The van der Waals surface area contributed by atoms with Gasteiger partial charge in [0, 0.05) is 25.8 Å². The zero-order valence-electron chi connectivity index (χ0n) is 15.7. The maximum atomic E-state index is 12.5. The largest absolute Gasteiger partial charge is 0.490 e. The molecule has 0 radical (unpaired) electrons. The Hall–Kier alpha value is -2.20. The Balaban J connectivity index is 0.000000345. The Kier molecular flexibility index (Phi) is 7.00. The van der Waals surface area contributed by atoms with E-state index in [2.05, 4.69) is 4.98 Å². The number of hydrogen-bond acceptors (Lipinski definition) is 5. The first-order chi connectivity index (χ1) is 13.1. The number of carboxylic acid groups (broad SMARTS) is 1. The van der Waals surface area contributed by atoms with E-state index in [1.54, 1.807) is 12.3 Å². The maximum absolute atomic E-state index is 12.5. The van der Waals surface area contributed by atoms with Crippen molar-refractivity contribution < 1.29 is 37.3 Å². The molecule has 0 aromatic carbocycles. The highest BCUT2D eigenvalue weighted by Crippen LogP contribution is 2.36. The van der Waals surface area contributed by atoms with Crippen LogP contribution in [0.3, 0.4) is 0 Å². The molecule has 3 heterocycles. The van der Waals surface area contributed by atoms with E-state index in [4.69, 9.17) is 19.4 Å². The summed E-state index contributed by atoms with van der Waals surface area (Å²) in [6.07, 6.45) is -1.42. The molecule has 0 unspecified atom stereocenters. The number of nitrogens with zero attached hydrogens (tertiary/aromatic N) is 2. The van der Waals surface area contributed by atoms with E-state index in [1.165, 1.54) is 0 Å². The number of carbonyl (C=O) groups is 2. The van der Waals surface area contributed by atoms with Gasteiger partial charge in [0.25, 0.3) is 5.91 Å². The number of ether oxygens (including phenoxy) is 2. The first kappa shape index (κ1) is 22.1. The maximum Gasteiger partial charge on any atom is 0.490 e. The summed E-state index contributed by atoms with van der Waals surface area (Å²) in [6.45, 7) is 6.68. The molecule has 1 N–H and O–H groups in total. The summed E-state index contributed by atoms with van der Waals surface area (Å²) in [7, 11) is 0. The van der Waals surface area contributed by atoms with Crippen LogP contribution in [0.5, 0.6) is 0 Å². The minimum atomic E-state index is -5.08. The highest BCUT2D eigenvalue weighted by molar-refractivity contribution is 5.92. The summed E-state index contributed by atoms with van der Waals surface area (Å²) in [5.41, 5.74) is 1.36. The number of aryl methyl sites for hydroxylation is 1. The van der Waals surface area contributed by atoms with E-state index >= 15 is 0 Å². The molecular weight excluding hydrogens is 381 g/mol. The Morgan fingerprint density at radius 3 is 2.64 bits per heavy atom. The zero-order chi connectivity index (χ0) is 20.9. The lowest BCUT2D eigenvalue weighted by Gasteiger charge is -2.23. The summed E-state index contributed by atoms with van der Waals surface area (Å²) in [4.78, 5) is 27.5. The number of rotatable bonds is 3. The molecule has 1 aromatic heterocycles. The van der Waals surface area contributed by atoms with Crippen molar-refractivity contribution in [1.29, 1.82) is 0 Å². The Labute approximate surface area is 160 Å². The summed E-state index contributed by atoms with van der Waals surface area (Å²) >= 11 is 0. The highest BCUT2D eigenvalue weighted by atomic mass is 19.4. The van der Waals surface area contributed by atoms with E-state index in [1.807, 2.05) is 24.8 Å². The molecule has 3 rings (SSSR count). The predicted molar refractivity (Wildman–Crippen MR) is 91.9 cm³/mol. The van der Waals surface area contributed by atoms with Gasteiger partial charge in [-0.25, -0.2) is 4.79 Å². The van der Waals surface area contributed by atoms with E-state index in [0.717, 1.165) is 24.9 Å². The van der Waals surface area contributed by atoms with Crippen LogP contribution in [0.1, 0.15) is 35.8 Å². The standard InChI is InChI=1S/C16H22N2O3.C2HF3O2/c1-3-20-13-8-16(21-10-13)6-7-18(11-16)15(19)14-5-4-12(2)9-17-14;3-2(4,5)1(6)7/h4-5,9,13H,3,6-8,10-11H2,1-2H3;(H,6,7)/t13-,16-;/m0./s1. The Bertz CT molecular complexity index is 695. The van der Waals surface area contributed by atoms with E-state index in [9.17, 15) is 18.0 Å². The molecule has 2 fully saturated rings. The monoisotopic (exact) mass is 404 g/mol. The van der Waals surface area contributed by atoms with Crippen LogP contribution >= 0.6 is 0 Å². The third-order valence-corrected chi connectivity index (χ3v) is 4.55. The van der Waals surface area contributed by atoms with Crippen molar-refractivity contribution in [1.82, 2.24) is 9.88 Å². The zero-order valence-corrected chi connectivity index (χ0v) is 15.7. The van der Waals surface area contributed by atoms with Crippen LogP contribution in [-0.2, 0) is 14.3 Å². The number of alkyl halides is 3. The van der Waals surface area contributed by atoms with E-state index in [0.29, 0.717) is 25.5 Å². The number of likely N-dealkylation sites (tertiary alicyclic amines) is 1. The fourth-order valence-corrected chi connectivity index (χ4v) is 3.20. The van der Waals surface area contributed by atoms with Gasteiger partial charge >= 0.3 is 12.1 Å². The predicted octanol–water partition coefficient (Wildman–Crippen LogP) is 2.43. The normalized spacial score (nSPS) is 24.2. The molecule has 2 saturated heterocycles. The van der Waals surface area contributed by atoms with Crippen molar-refractivity contribution in [3.05, 3.63) is 29.6 Å². The molecule has 0 saturated carbocycles. The molecule has 2 aliphatic heterocycles. The number of halogens is 3. The first-order valence-corrected chi connectivity index (χ1v) is 8.84. The van der Waals surface area contributed by atoms with Gasteiger partial charge in [-0.05, 0) is 31.9 Å². The lowest BCUT2D eigenvalue weighted by atomic mass is 9.98. The van der Waals surface area contributed by atoms with Crippen LogP contribution < -0.4 is 0 Å². The van der Waals surface area contributed by atoms with Crippen LogP contribution in [-0.4, -0.2) is 71.1 Å². The summed E-state index contributed by atoms with van der Waals surface area (Å²) < 4.78 is 43.3. The fraction of sp³-hybridized carbons (Fsp3) is 0.611. The lowest BCUT2D eigenvalue weighted by Crippen LogP contribution is -2.36. The minimum Gasteiger partial charge on any atom is -0.475 e. The number of hydrogen-bond donors (Lipinski definition) is 1. The number of aromatic nitrogens is 1. The number of aliphatic carboxylic acids is 1. The molecule has 10 heteroatoms. The Morgan fingerprint density at radius 2 is 2.11 bits per heavy atom. The number of pyridine rings is 1. The molecule has 0 aliphatic carbocycles. The van der Waals surface area contributed by atoms with Gasteiger partial charge in [0.2, 0.25) is 0 Å². The van der Waals surface area contributed by atoms with Crippen LogP contribution in [0, 0.1) is 6.92 Å².